The molecule has 32 heavy (non-hydrogen) atoms. The number of amides is 2. The normalized spacial score (nSPS) is 17.0. The van der Waals surface area contributed by atoms with Crippen LogP contribution in [0.2, 0.25) is 5.02 Å². The minimum Gasteiger partial charge on any atom is -0.324 e. The Labute approximate surface area is 191 Å². The molecule has 172 valence electrons. The molecule has 2 amide bonds. The van der Waals surface area contributed by atoms with Crippen LogP contribution in [0, 0.1) is 0 Å². The lowest BCUT2D eigenvalue weighted by Crippen LogP contribution is -2.45. The van der Waals surface area contributed by atoms with Crippen molar-refractivity contribution < 1.29 is 26.4 Å². The molecule has 2 aromatic rings. The van der Waals surface area contributed by atoms with Crippen LogP contribution in [0.5, 0.6) is 0 Å². The zero-order chi connectivity index (χ0) is 23.8. The van der Waals surface area contributed by atoms with Crippen molar-refractivity contribution in [3.05, 3.63) is 47.5 Å². The molecule has 0 fully saturated rings. The Bertz CT molecular complexity index is 1290. The first-order valence-electron chi connectivity index (χ1n) is 9.49. The summed E-state index contributed by atoms with van der Waals surface area (Å²) in [6.07, 6.45) is 0.993. The standard InChI is InChI=1S/C20H22ClN3O6S2/c1-13-10-19(25)22-16-6-4-5-7-17(16)24(13)20(26)12-23(2)32(29,30)18-11-14(31(3,27)28)8-9-15(18)21/h4-9,11,13H,10,12H2,1-3H3,(H,22,25)/t13-/m1/s1. The Kier molecular flexibility index (Phi) is 6.66. The summed E-state index contributed by atoms with van der Waals surface area (Å²) in [5.41, 5.74) is 0.906. The molecular weight excluding hydrogens is 478 g/mol. The molecular formula is C20H22ClN3O6S2. The number of benzene rings is 2. The molecule has 0 radical (unpaired) electrons. The summed E-state index contributed by atoms with van der Waals surface area (Å²) >= 11 is 6.05. The molecule has 1 N–H and O–H groups in total. The van der Waals surface area contributed by atoms with E-state index in [1.165, 1.54) is 24.1 Å². The number of carbonyl (C=O) groups excluding carboxylic acids is 2. The van der Waals surface area contributed by atoms with E-state index in [1.54, 1.807) is 31.2 Å². The predicted molar refractivity (Wildman–Crippen MR) is 121 cm³/mol. The molecule has 0 bridgehead atoms. The molecule has 1 aliphatic rings. The van der Waals surface area contributed by atoms with Crippen molar-refractivity contribution in [1.29, 1.82) is 0 Å². The van der Waals surface area contributed by atoms with Crippen molar-refractivity contribution in [2.24, 2.45) is 0 Å². The highest BCUT2D eigenvalue weighted by Crippen LogP contribution is 2.32. The van der Waals surface area contributed by atoms with Crippen molar-refractivity contribution >= 4 is 54.7 Å². The predicted octanol–water partition coefficient (Wildman–Crippen LogP) is 2.13. The topological polar surface area (TPSA) is 121 Å². The number of rotatable bonds is 5. The maximum Gasteiger partial charge on any atom is 0.244 e. The van der Waals surface area contributed by atoms with E-state index in [-0.39, 0.29) is 22.2 Å². The van der Waals surface area contributed by atoms with Crippen molar-refractivity contribution in [2.45, 2.75) is 29.2 Å². The quantitative estimate of drug-likeness (QED) is 0.672. The number of sulfonamides is 1. The molecule has 1 aliphatic heterocycles. The number of carbonyl (C=O) groups is 2. The Balaban J connectivity index is 1.94. The number of sulfone groups is 1. The molecule has 1 atom stereocenters. The van der Waals surface area contributed by atoms with Crippen LogP contribution < -0.4 is 10.2 Å². The van der Waals surface area contributed by atoms with Gasteiger partial charge in [-0.15, -0.1) is 0 Å². The van der Waals surface area contributed by atoms with E-state index in [0.717, 1.165) is 16.6 Å². The fraction of sp³-hybridized carbons (Fsp3) is 0.300. The number of para-hydroxylation sites is 2. The summed E-state index contributed by atoms with van der Waals surface area (Å²) in [4.78, 5) is 26.1. The molecule has 12 heteroatoms. The Morgan fingerprint density at radius 3 is 2.50 bits per heavy atom. The van der Waals surface area contributed by atoms with E-state index in [9.17, 15) is 26.4 Å². The Morgan fingerprint density at radius 2 is 1.84 bits per heavy atom. The highest BCUT2D eigenvalue weighted by Gasteiger charge is 2.33. The van der Waals surface area contributed by atoms with Gasteiger partial charge in [-0.1, -0.05) is 23.7 Å². The molecule has 3 rings (SSSR count). The van der Waals surface area contributed by atoms with Crippen molar-refractivity contribution in [3.8, 4) is 0 Å². The van der Waals surface area contributed by atoms with Crippen LogP contribution in [0.1, 0.15) is 13.3 Å². The van der Waals surface area contributed by atoms with Gasteiger partial charge in [-0.3, -0.25) is 9.59 Å². The van der Waals surface area contributed by atoms with Crippen molar-refractivity contribution in [1.82, 2.24) is 4.31 Å². The van der Waals surface area contributed by atoms with Gasteiger partial charge in [0, 0.05) is 25.8 Å². The van der Waals surface area contributed by atoms with E-state index in [1.807, 2.05) is 0 Å². The van der Waals surface area contributed by atoms with E-state index in [4.69, 9.17) is 11.6 Å². The number of likely N-dealkylation sites (N-methyl/N-ethyl adjacent to an activating group) is 1. The fourth-order valence-corrected chi connectivity index (χ4v) is 5.74. The molecule has 2 aromatic carbocycles. The number of hydrogen-bond donors (Lipinski definition) is 1. The lowest BCUT2D eigenvalue weighted by molar-refractivity contribution is -0.119. The summed E-state index contributed by atoms with van der Waals surface area (Å²) in [6.45, 7) is 1.15. The number of hydrogen-bond acceptors (Lipinski definition) is 6. The second-order valence-electron chi connectivity index (χ2n) is 7.51. The van der Waals surface area contributed by atoms with Gasteiger partial charge >= 0.3 is 0 Å². The lowest BCUT2D eigenvalue weighted by Gasteiger charge is -2.29. The monoisotopic (exact) mass is 499 g/mol. The van der Waals surface area contributed by atoms with Gasteiger partial charge in [0.2, 0.25) is 21.8 Å². The van der Waals surface area contributed by atoms with Gasteiger partial charge < -0.3 is 10.2 Å². The minimum atomic E-state index is -4.29. The van der Waals surface area contributed by atoms with Crippen molar-refractivity contribution in [2.75, 3.05) is 30.1 Å². The highest BCUT2D eigenvalue weighted by molar-refractivity contribution is 7.91. The second-order valence-corrected chi connectivity index (χ2v) is 11.9. The molecule has 9 nitrogen and oxygen atoms in total. The van der Waals surface area contributed by atoms with Crippen LogP contribution in [0.25, 0.3) is 0 Å². The number of fused-ring (bicyclic) bond motifs is 1. The average Bonchev–Trinajstić information content (AvgIpc) is 2.81. The third-order valence-electron chi connectivity index (χ3n) is 5.00. The van der Waals surface area contributed by atoms with Crippen LogP contribution in [0.4, 0.5) is 11.4 Å². The molecule has 0 unspecified atom stereocenters. The summed E-state index contributed by atoms with van der Waals surface area (Å²) in [5.74, 6) is -0.812. The number of anilines is 2. The van der Waals surface area contributed by atoms with E-state index < -0.39 is 43.2 Å². The van der Waals surface area contributed by atoms with Crippen molar-refractivity contribution in [3.63, 3.8) is 0 Å². The third-order valence-corrected chi connectivity index (χ3v) is 8.40. The zero-order valence-electron chi connectivity index (χ0n) is 17.6. The van der Waals surface area contributed by atoms with Gasteiger partial charge in [0.25, 0.3) is 0 Å². The second kappa shape index (κ2) is 8.81. The van der Waals surface area contributed by atoms with E-state index in [2.05, 4.69) is 5.32 Å². The third kappa shape index (κ3) is 4.80. The van der Waals surface area contributed by atoms with Gasteiger partial charge in [0.15, 0.2) is 9.84 Å². The average molecular weight is 500 g/mol. The van der Waals surface area contributed by atoms with E-state index >= 15 is 0 Å². The smallest absolute Gasteiger partial charge is 0.244 e. The van der Waals surface area contributed by atoms with Gasteiger partial charge in [-0.25, -0.2) is 16.8 Å². The highest BCUT2D eigenvalue weighted by atomic mass is 35.5. The lowest BCUT2D eigenvalue weighted by atomic mass is 10.1. The summed E-state index contributed by atoms with van der Waals surface area (Å²) < 4.78 is 50.7. The SMILES string of the molecule is C[C@@H]1CC(=O)Nc2ccccc2N1C(=O)CN(C)S(=O)(=O)c1cc(S(C)(=O)=O)ccc1Cl. The molecule has 1 heterocycles. The molecule has 0 spiro atoms. The summed E-state index contributed by atoms with van der Waals surface area (Å²) in [7, 11) is -6.77. The van der Waals surface area contributed by atoms with Gasteiger partial charge in [-0.05, 0) is 37.3 Å². The molecule has 0 aliphatic carbocycles. The van der Waals surface area contributed by atoms with E-state index in [0.29, 0.717) is 11.4 Å². The fourth-order valence-electron chi connectivity index (χ4n) is 3.40. The number of nitrogens with zero attached hydrogens (tertiary/aromatic N) is 2. The molecule has 0 saturated heterocycles. The number of halogens is 1. The van der Waals surface area contributed by atoms with Crippen LogP contribution in [-0.4, -0.2) is 58.8 Å². The van der Waals surface area contributed by atoms with Crippen LogP contribution >= 0.6 is 11.6 Å². The largest absolute Gasteiger partial charge is 0.324 e. The Hall–Kier alpha value is -2.47. The first-order valence-corrected chi connectivity index (χ1v) is 13.2. The first-order chi connectivity index (χ1) is 14.8. The van der Waals surface area contributed by atoms with Gasteiger partial charge in [0.1, 0.15) is 4.90 Å². The molecule has 0 saturated carbocycles. The van der Waals surface area contributed by atoms with Crippen LogP contribution in [-0.2, 0) is 29.4 Å². The minimum absolute atomic E-state index is 0.0408. The summed E-state index contributed by atoms with van der Waals surface area (Å²) in [5, 5.41) is 2.57. The number of nitrogens with one attached hydrogen (secondary N) is 1. The van der Waals surface area contributed by atoms with Crippen LogP contribution in [0.15, 0.2) is 52.3 Å². The maximum absolute atomic E-state index is 13.2. The Morgan fingerprint density at radius 1 is 1.19 bits per heavy atom. The van der Waals surface area contributed by atoms with Crippen LogP contribution in [0.3, 0.4) is 0 Å². The maximum atomic E-state index is 13.2. The van der Waals surface area contributed by atoms with Gasteiger partial charge in [0.05, 0.1) is 27.8 Å². The van der Waals surface area contributed by atoms with Gasteiger partial charge in [-0.2, -0.15) is 4.31 Å². The zero-order valence-corrected chi connectivity index (χ0v) is 20.0. The molecule has 0 aromatic heterocycles. The first kappa shape index (κ1) is 24.2. The summed E-state index contributed by atoms with van der Waals surface area (Å²) in [6, 6.07) is 9.59.